The minimum atomic E-state index is 0.00134. The van der Waals surface area contributed by atoms with Gasteiger partial charge < -0.3 is 0 Å². The number of hydrogen-bond acceptors (Lipinski definition) is 4. The fourth-order valence-corrected chi connectivity index (χ4v) is 3.50. The molecular weight excluding hydrogens is 374 g/mol. The number of ketones is 1. The summed E-state index contributed by atoms with van der Waals surface area (Å²) in [6.07, 6.45) is 2.66. The molecule has 0 saturated heterocycles. The van der Waals surface area contributed by atoms with Crippen molar-refractivity contribution in [3.63, 3.8) is 0 Å². The monoisotopic (exact) mass is 397 g/mol. The standard InChI is InChI=1S/C25H23N3O2/c1-25(2,3)19-10-8-17(9-11-19)23(30)15-20-14-22(28-24(27-20)12-13-26-28)21-7-5-4-6-18(21)16-29/h4-14,16H,15H2,1-3H3. The lowest BCUT2D eigenvalue weighted by molar-refractivity contribution is 0.0991. The maximum atomic E-state index is 12.9. The van der Waals surface area contributed by atoms with Gasteiger partial charge in [-0.3, -0.25) is 9.59 Å². The van der Waals surface area contributed by atoms with Crippen molar-refractivity contribution in [1.29, 1.82) is 0 Å². The van der Waals surface area contributed by atoms with Crippen LogP contribution in [0.4, 0.5) is 0 Å². The molecule has 0 N–H and O–H groups in total. The Balaban J connectivity index is 1.70. The van der Waals surface area contributed by atoms with E-state index in [0.717, 1.165) is 17.5 Å². The summed E-state index contributed by atoms with van der Waals surface area (Å²) < 4.78 is 1.69. The van der Waals surface area contributed by atoms with Gasteiger partial charge in [0, 0.05) is 22.8 Å². The van der Waals surface area contributed by atoms with Crippen LogP contribution >= 0.6 is 0 Å². The highest BCUT2D eigenvalue weighted by molar-refractivity contribution is 5.97. The number of nitrogens with zero attached hydrogens (tertiary/aromatic N) is 3. The second-order valence-electron chi connectivity index (χ2n) is 8.37. The van der Waals surface area contributed by atoms with E-state index in [1.54, 1.807) is 22.8 Å². The molecule has 2 aromatic heterocycles. The molecule has 0 aliphatic rings. The first-order valence-electron chi connectivity index (χ1n) is 9.89. The van der Waals surface area contributed by atoms with Crippen LogP contribution in [0.15, 0.2) is 66.9 Å². The number of carbonyl (C=O) groups excluding carboxylic acids is 2. The highest BCUT2D eigenvalue weighted by Gasteiger charge is 2.17. The molecule has 2 heterocycles. The topological polar surface area (TPSA) is 64.3 Å². The number of aromatic nitrogens is 3. The molecule has 0 aliphatic heterocycles. The van der Waals surface area contributed by atoms with E-state index < -0.39 is 0 Å². The zero-order chi connectivity index (χ0) is 21.3. The molecule has 30 heavy (non-hydrogen) atoms. The quantitative estimate of drug-likeness (QED) is 0.354. The summed E-state index contributed by atoms with van der Waals surface area (Å²) in [5.41, 5.74) is 5.22. The molecule has 150 valence electrons. The average Bonchev–Trinajstić information content (AvgIpc) is 3.21. The first-order valence-corrected chi connectivity index (χ1v) is 9.89. The van der Waals surface area contributed by atoms with Crippen molar-refractivity contribution in [2.45, 2.75) is 32.6 Å². The number of carbonyl (C=O) groups is 2. The van der Waals surface area contributed by atoms with Gasteiger partial charge in [-0.25, -0.2) is 9.50 Å². The lowest BCUT2D eigenvalue weighted by atomic mass is 9.86. The molecule has 4 rings (SSSR count). The van der Waals surface area contributed by atoms with Gasteiger partial charge in [-0.1, -0.05) is 69.3 Å². The first-order chi connectivity index (χ1) is 14.4. The van der Waals surface area contributed by atoms with Gasteiger partial charge in [0.05, 0.1) is 24.0 Å². The van der Waals surface area contributed by atoms with Crippen molar-refractivity contribution < 1.29 is 9.59 Å². The van der Waals surface area contributed by atoms with E-state index >= 15 is 0 Å². The van der Waals surface area contributed by atoms with Crippen LogP contribution in [0.1, 0.15) is 52.7 Å². The molecule has 0 unspecified atom stereocenters. The van der Waals surface area contributed by atoms with Crippen molar-refractivity contribution >= 4 is 17.7 Å². The number of aldehydes is 1. The van der Waals surface area contributed by atoms with Crippen LogP contribution in [0.25, 0.3) is 16.9 Å². The van der Waals surface area contributed by atoms with E-state index in [-0.39, 0.29) is 17.6 Å². The third kappa shape index (κ3) is 3.79. The predicted octanol–water partition coefficient (Wildman–Crippen LogP) is 4.93. The fraction of sp³-hybridized carbons (Fsp3) is 0.200. The molecule has 4 aromatic rings. The van der Waals surface area contributed by atoms with E-state index in [2.05, 4.69) is 30.9 Å². The summed E-state index contributed by atoms with van der Waals surface area (Å²) in [7, 11) is 0. The zero-order valence-corrected chi connectivity index (χ0v) is 17.3. The van der Waals surface area contributed by atoms with Gasteiger partial charge in [-0.2, -0.15) is 5.10 Å². The summed E-state index contributed by atoms with van der Waals surface area (Å²) in [4.78, 5) is 29.0. The van der Waals surface area contributed by atoms with E-state index in [4.69, 9.17) is 0 Å². The Morgan fingerprint density at radius 2 is 1.77 bits per heavy atom. The molecular formula is C25H23N3O2. The van der Waals surface area contributed by atoms with E-state index in [9.17, 15) is 9.59 Å². The predicted molar refractivity (Wildman–Crippen MR) is 117 cm³/mol. The Labute approximate surface area is 175 Å². The average molecular weight is 397 g/mol. The summed E-state index contributed by atoms with van der Waals surface area (Å²) in [5, 5.41) is 4.33. The van der Waals surface area contributed by atoms with Crippen molar-refractivity contribution in [3.05, 3.63) is 89.2 Å². The Kier molecular flexibility index (Phi) is 5.04. The smallest absolute Gasteiger partial charge is 0.168 e. The molecule has 0 bridgehead atoms. The molecule has 0 radical (unpaired) electrons. The van der Waals surface area contributed by atoms with Crippen LogP contribution in [0, 0.1) is 0 Å². The van der Waals surface area contributed by atoms with E-state index in [0.29, 0.717) is 22.5 Å². The Morgan fingerprint density at radius 1 is 1.03 bits per heavy atom. The van der Waals surface area contributed by atoms with Gasteiger partial charge in [0.15, 0.2) is 17.7 Å². The number of fused-ring (bicyclic) bond motifs is 1. The maximum Gasteiger partial charge on any atom is 0.168 e. The summed E-state index contributed by atoms with van der Waals surface area (Å²) in [6, 6.07) is 18.7. The lowest BCUT2D eigenvalue weighted by Crippen LogP contribution is -2.12. The molecule has 0 saturated carbocycles. The zero-order valence-electron chi connectivity index (χ0n) is 17.3. The molecule has 0 spiro atoms. The summed E-state index contributed by atoms with van der Waals surface area (Å²) in [5.74, 6) is 0.00134. The fourth-order valence-electron chi connectivity index (χ4n) is 3.50. The van der Waals surface area contributed by atoms with Gasteiger partial charge in [0.25, 0.3) is 0 Å². The van der Waals surface area contributed by atoms with Crippen LogP contribution in [0.3, 0.4) is 0 Å². The Bertz CT molecular complexity index is 1230. The number of hydrogen-bond donors (Lipinski definition) is 0. The number of Topliss-reactive ketones (excluding diaryl/α,β-unsaturated/α-hetero) is 1. The van der Waals surface area contributed by atoms with Gasteiger partial charge in [-0.05, 0) is 17.0 Å². The molecule has 0 aliphatic carbocycles. The number of rotatable bonds is 5. The minimum absolute atomic E-state index is 0.00134. The molecule has 5 nitrogen and oxygen atoms in total. The molecule has 2 aromatic carbocycles. The molecule has 0 amide bonds. The second kappa shape index (κ2) is 7.67. The third-order valence-corrected chi connectivity index (χ3v) is 5.19. The van der Waals surface area contributed by atoms with Crippen LogP contribution in [-0.4, -0.2) is 26.7 Å². The minimum Gasteiger partial charge on any atom is -0.298 e. The van der Waals surface area contributed by atoms with Crippen LogP contribution in [0.5, 0.6) is 0 Å². The molecule has 0 atom stereocenters. The summed E-state index contributed by atoms with van der Waals surface area (Å²) >= 11 is 0. The number of benzene rings is 2. The highest BCUT2D eigenvalue weighted by Crippen LogP contribution is 2.25. The van der Waals surface area contributed by atoms with E-state index in [1.165, 1.54) is 5.56 Å². The normalized spacial score (nSPS) is 11.6. The van der Waals surface area contributed by atoms with Gasteiger partial charge in [0.2, 0.25) is 0 Å². The van der Waals surface area contributed by atoms with Crippen LogP contribution in [0.2, 0.25) is 0 Å². The lowest BCUT2D eigenvalue weighted by Gasteiger charge is -2.19. The van der Waals surface area contributed by atoms with Crippen molar-refractivity contribution in [2.24, 2.45) is 0 Å². The largest absolute Gasteiger partial charge is 0.298 e. The molecule has 5 heteroatoms. The van der Waals surface area contributed by atoms with Crippen LogP contribution < -0.4 is 0 Å². The SMILES string of the molecule is CC(C)(C)c1ccc(C(=O)Cc2cc(-c3ccccc3C=O)n3nccc3n2)cc1. The first kappa shape index (κ1) is 19.7. The Morgan fingerprint density at radius 3 is 2.47 bits per heavy atom. The van der Waals surface area contributed by atoms with Crippen molar-refractivity contribution in [2.75, 3.05) is 0 Å². The Hall–Kier alpha value is -3.60. The van der Waals surface area contributed by atoms with Gasteiger partial charge >= 0.3 is 0 Å². The van der Waals surface area contributed by atoms with Gasteiger partial charge in [-0.15, -0.1) is 0 Å². The summed E-state index contributed by atoms with van der Waals surface area (Å²) in [6.45, 7) is 6.44. The molecule has 0 fully saturated rings. The van der Waals surface area contributed by atoms with E-state index in [1.807, 2.05) is 48.5 Å². The second-order valence-corrected chi connectivity index (χ2v) is 8.37. The van der Waals surface area contributed by atoms with Crippen molar-refractivity contribution in [3.8, 4) is 11.3 Å². The van der Waals surface area contributed by atoms with Gasteiger partial charge in [0.1, 0.15) is 0 Å². The maximum absolute atomic E-state index is 12.9. The van der Waals surface area contributed by atoms with Crippen LogP contribution in [-0.2, 0) is 11.8 Å². The highest BCUT2D eigenvalue weighted by atomic mass is 16.1. The third-order valence-electron chi connectivity index (χ3n) is 5.19. The van der Waals surface area contributed by atoms with Crippen molar-refractivity contribution in [1.82, 2.24) is 14.6 Å².